The third-order valence-electron chi connectivity index (χ3n) is 2.36. The fourth-order valence-corrected chi connectivity index (χ4v) is 2.71. The Morgan fingerprint density at radius 2 is 1.82 bits per heavy atom. The average Bonchev–Trinajstić information content (AvgIpc) is 2.40. The minimum absolute atomic E-state index is 0.0339. The number of benzene rings is 1. The number of aromatic nitrogens is 1. The molecule has 17 heavy (non-hydrogen) atoms. The van der Waals surface area contributed by atoms with Crippen molar-refractivity contribution in [3.63, 3.8) is 0 Å². The summed E-state index contributed by atoms with van der Waals surface area (Å²) in [5, 5.41) is 0.0339. The average molecular weight is 248 g/mol. The lowest BCUT2D eigenvalue weighted by Crippen LogP contribution is -2.06. The minimum Gasteiger partial charge on any atom is -0.326 e. The highest BCUT2D eigenvalue weighted by molar-refractivity contribution is 7.91. The van der Waals surface area contributed by atoms with E-state index in [0.717, 1.165) is 5.56 Å². The van der Waals surface area contributed by atoms with E-state index in [0.29, 0.717) is 6.54 Å². The molecule has 0 aliphatic heterocycles. The predicted molar refractivity (Wildman–Crippen MR) is 64.0 cm³/mol. The first-order chi connectivity index (χ1) is 8.14. The fraction of sp³-hybridized carbons (Fsp3) is 0.0833. The molecule has 0 saturated carbocycles. The van der Waals surface area contributed by atoms with E-state index in [1.807, 2.05) is 0 Å². The summed E-state index contributed by atoms with van der Waals surface area (Å²) < 4.78 is 24.4. The molecule has 2 aromatic rings. The fourth-order valence-electron chi connectivity index (χ4n) is 1.44. The van der Waals surface area contributed by atoms with E-state index in [4.69, 9.17) is 5.73 Å². The van der Waals surface area contributed by atoms with E-state index in [2.05, 4.69) is 4.98 Å². The number of rotatable bonds is 3. The lowest BCUT2D eigenvalue weighted by molar-refractivity contribution is 0.592. The van der Waals surface area contributed by atoms with Crippen molar-refractivity contribution in [3.8, 4) is 0 Å². The van der Waals surface area contributed by atoms with Crippen molar-refractivity contribution >= 4 is 9.84 Å². The molecular weight excluding hydrogens is 236 g/mol. The number of sulfone groups is 1. The molecule has 1 aromatic carbocycles. The number of nitrogens with zero attached hydrogens (tertiary/aromatic N) is 1. The minimum atomic E-state index is -3.54. The van der Waals surface area contributed by atoms with Gasteiger partial charge in [-0.1, -0.05) is 18.2 Å². The summed E-state index contributed by atoms with van der Waals surface area (Å²) in [5.41, 5.74) is 6.22. The maximum atomic E-state index is 12.2. The third kappa shape index (κ3) is 2.35. The lowest BCUT2D eigenvalue weighted by atomic mass is 10.3. The Hall–Kier alpha value is -1.72. The van der Waals surface area contributed by atoms with Crippen LogP contribution < -0.4 is 5.73 Å². The molecule has 0 atom stereocenters. The lowest BCUT2D eigenvalue weighted by Gasteiger charge is -2.04. The van der Waals surface area contributed by atoms with Crippen LogP contribution >= 0.6 is 0 Å². The van der Waals surface area contributed by atoms with Gasteiger partial charge >= 0.3 is 0 Å². The summed E-state index contributed by atoms with van der Waals surface area (Å²) in [6, 6.07) is 11.4. The van der Waals surface area contributed by atoms with Crippen molar-refractivity contribution in [1.29, 1.82) is 0 Å². The van der Waals surface area contributed by atoms with Crippen LogP contribution in [0.1, 0.15) is 5.56 Å². The molecule has 88 valence electrons. The summed E-state index contributed by atoms with van der Waals surface area (Å²) in [5.74, 6) is 0. The molecule has 0 spiro atoms. The Morgan fingerprint density at radius 3 is 2.47 bits per heavy atom. The SMILES string of the molecule is NCc1ccnc(S(=O)(=O)c2ccccc2)c1. The highest BCUT2D eigenvalue weighted by Crippen LogP contribution is 2.18. The molecule has 0 saturated heterocycles. The Labute approximate surface area is 100 Å². The van der Waals surface area contributed by atoms with Crippen LogP contribution in [0.4, 0.5) is 0 Å². The smallest absolute Gasteiger partial charge is 0.223 e. The van der Waals surface area contributed by atoms with E-state index < -0.39 is 9.84 Å². The largest absolute Gasteiger partial charge is 0.326 e. The van der Waals surface area contributed by atoms with E-state index in [9.17, 15) is 8.42 Å². The van der Waals surface area contributed by atoms with E-state index in [1.165, 1.54) is 12.3 Å². The molecular formula is C12H12N2O2S. The van der Waals surface area contributed by atoms with Crippen LogP contribution in [0.3, 0.4) is 0 Å². The summed E-state index contributed by atoms with van der Waals surface area (Å²) in [4.78, 5) is 4.13. The molecule has 0 aliphatic carbocycles. The van der Waals surface area contributed by atoms with Crippen molar-refractivity contribution in [2.75, 3.05) is 0 Å². The predicted octanol–water partition coefficient (Wildman–Crippen LogP) is 1.37. The van der Waals surface area contributed by atoms with Crippen LogP contribution in [0.15, 0.2) is 58.6 Å². The van der Waals surface area contributed by atoms with E-state index in [1.54, 1.807) is 36.4 Å². The number of nitrogens with two attached hydrogens (primary N) is 1. The van der Waals surface area contributed by atoms with Crippen molar-refractivity contribution in [1.82, 2.24) is 4.98 Å². The van der Waals surface area contributed by atoms with Gasteiger partial charge in [-0.05, 0) is 29.8 Å². The molecule has 1 heterocycles. The standard InChI is InChI=1S/C12H12N2O2S/c13-9-10-6-7-14-12(8-10)17(15,16)11-4-2-1-3-5-11/h1-8H,9,13H2. The van der Waals surface area contributed by atoms with Gasteiger partial charge in [0.2, 0.25) is 9.84 Å². The Bertz CT molecular complexity index is 609. The molecule has 0 aliphatic rings. The van der Waals surface area contributed by atoms with Crippen molar-refractivity contribution in [3.05, 3.63) is 54.2 Å². The van der Waals surface area contributed by atoms with E-state index >= 15 is 0 Å². The monoisotopic (exact) mass is 248 g/mol. The molecule has 0 bridgehead atoms. The topological polar surface area (TPSA) is 73.0 Å². The van der Waals surface area contributed by atoms with Gasteiger partial charge in [-0.25, -0.2) is 13.4 Å². The van der Waals surface area contributed by atoms with Gasteiger partial charge in [-0.2, -0.15) is 0 Å². The van der Waals surface area contributed by atoms with Gasteiger partial charge in [-0.3, -0.25) is 0 Å². The zero-order valence-electron chi connectivity index (χ0n) is 9.08. The van der Waals surface area contributed by atoms with Crippen LogP contribution in [0.2, 0.25) is 0 Å². The molecule has 2 N–H and O–H groups in total. The van der Waals surface area contributed by atoms with Crippen LogP contribution in [0.25, 0.3) is 0 Å². The van der Waals surface area contributed by atoms with Crippen molar-refractivity contribution < 1.29 is 8.42 Å². The summed E-state index contributed by atoms with van der Waals surface area (Å²) in [6.45, 7) is 0.291. The van der Waals surface area contributed by atoms with Crippen LogP contribution in [0.5, 0.6) is 0 Å². The zero-order chi connectivity index (χ0) is 12.3. The summed E-state index contributed by atoms with van der Waals surface area (Å²) in [7, 11) is -3.54. The first-order valence-corrected chi connectivity index (χ1v) is 6.58. The number of hydrogen-bond acceptors (Lipinski definition) is 4. The van der Waals surface area contributed by atoms with Crippen molar-refractivity contribution in [2.45, 2.75) is 16.5 Å². The second-order valence-electron chi connectivity index (χ2n) is 3.52. The Kier molecular flexibility index (Phi) is 3.21. The highest BCUT2D eigenvalue weighted by atomic mass is 32.2. The molecule has 4 nitrogen and oxygen atoms in total. The molecule has 0 amide bonds. The first kappa shape index (κ1) is 11.8. The van der Waals surface area contributed by atoms with Gasteiger partial charge in [0.25, 0.3) is 0 Å². The Morgan fingerprint density at radius 1 is 1.12 bits per heavy atom. The summed E-state index contributed by atoms with van der Waals surface area (Å²) >= 11 is 0. The quantitative estimate of drug-likeness (QED) is 0.890. The molecule has 2 rings (SSSR count). The van der Waals surface area contributed by atoms with Gasteiger partial charge in [0.15, 0.2) is 5.03 Å². The van der Waals surface area contributed by atoms with Gasteiger partial charge < -0.3 is 5.73 Å². The van der Waals surface area contributed by atoms with Crippen molar-refractivity contribution in [2.24, 2.45) is 5.73 Å². The normalized spacial score (nSPS) is 11.4. The number of pyridine rings is 1. The third-order valence-corrected chi connectivity index (χ3v) is 4.03. The van der Waals surface area contributed by atoms with Gasteiger partial charge in [0, 0.05) is 12.7 Å². The van der Waals surface area contributed by atoms with Gasteiger partial charge in [0.1, 0.15) is 0 Å². The molecule has 0 radical (unpaired) electrons. The van der Waals surface area contributed by atoms with Crippen LogP contribution in [0, 0.1) is 0 Å². The second-order valence-corrected chi connectivity index (χ2v) is 5.42. The van der Waals surface area contributed by atoms with Gasteiger partial charge in [0.05, 0.1) is 4.90 Å². The highest BCUT2D eigenvalue weighted by Gasteiger charge is 2.18. The van der Waals surface area contributed by atoms with Crippen LogP contribution in [-0.4, -0.2) is 13.4 Å². The first-order valence-electron chi connectivity index (χ1n) is 5.10. The molecule has 0 fully saturated rings. The summed E-state index contributed by atoms with van der Waals surface area (Å²) in [6.07, 6.45) is 1.46. The molecule has 0 unspecified atom stereocenters. The Balaban J connectivity index is 2.52. The van der Waals surface area contributed by atoms with Gasteiger partial charge in [-0.15, -0.1) is 0 Å². The maximum Gasteiger partial charge on any atom is 0.223 e. The zero-order valence-corrected chi connectivity index (χ0v) is 9.89. The molecule has 5 heteroatoms. The maximum absolute atomic E-state index is 12.2. The van der Waals surface area contributed by atoms with E-state index in [-0.39, 0.29) is 9.92 Å². The second kappa shape index (κ2) is 4.65. The molecule has 1 aromatic heterocycles. The van der Waals surface area contributed by atoms with Crippen LogP contribution in [-0.2, 0) is 16.4 Å². The number of hydrogen-bond donors (Lipinski definition) is 1.